The first kappa shape index (κ1) is 26.8. The van der Waals surface area contributed by atoms with E-state index >= 15 is 0 Å². The van der Waals surface area contributed by atoms with E-state index in [4.69, 9.17) is 11.5 Å². The van der Waals surface area contributed by atoms with Crippen LogP contribution in [0.4, 0.5) is 0 Å². The third-order valence-electron chi connectivity index (χ3n) is 4.13. The summed E-state index contributed by atoms with van der Waals surface area (Å²) in [5, 5.41) is 25.9. The zero-order valence-electron chi connectivity index (χ0n) is 17.3. The molecule has 0 fully saturated rings. The Labute approximate surface area is 171 Å². The molecule has 0 spiro atoms. The zero-order valence-corrected chi connectivity index (χ0v) is 17.3. The number of hydrogen-bond donors (Lipinski definition) is 7. The molecule has 4 atom stereocenters. The highest BCUT2D eigenvalue weighted by Crippen LogP contribution is 2.06. The molecule has 0 saturated heterocycles. The molecule has 0 saturated carbocycles. The van der Waals surface area contributed by atoms with Gasteiger partial charge in [0.05, 0.1) is 12.6 Å². The number of carbonyl (C=O) groups excluding carboxylic acids is 3. The molecular weight excluding hydrogens is 382 g/mol. The lowest BCUT2D eigenvalue weighted by Gasteiger charge is -2.24. The molecular formula is C18H35N5O6. The number of carbonyl (C=O) groups is 4. The number of amides is 3. The van der Waals surface area contributed by atoms with Crippen LogP contribution in [0.25, 0.3) is 0 Å². The van der Waals surface area contributed by atoms with Gasteiger partial charge >= 0.3 is 5.97 Å². The van der Waals surface area contributed by atoms with Gasteiger partial charge in [-0.25, -0.2) is 4.79 Å². The Morgan fingerprint density at radius 1 is 0.862 bits per heavy atom. The molecule has 29 heavy (non-hydrogen) atoms. The van der Waals surface area contributed by atoms with Gasteiger partial charge in [0.15, 0.2) is 0 Å². The molecule has 0 heterocycles. The summed E-state index contributed by atoms with van der Waals surface area (Å²) in [4.78, 5) is 48.1. The normalized spacial score (nSPS) is 15.1. The Hall–Kier alpha value is -2.24. The molecule has 0 aromatic rings. The van der Waals surface area contributed by atoms with Crippen LogP contribution in [-0.4, -0.2) is 71.2 Å². The van der Waals surface area contributed by atoms with Gasteiger partial charge in [-0.1, -0.05) is 13.8 Å². The number of rotatable bonds is 14. The lowest BCUT2D eigenvalue weighted by Crippen LogP contribution is -2.58. The summed E-state index contributed by atoms with van der Waals surface area (Å²) in [5.74, 6) is -3.19. The van der Waals surface area contributed by atoms with Crippen molar-refractivity contribution in [2.75, 3.05) is 13.2 Å². The van der Waals surface area contributed by atoms with Crippen LogP contribution in [0.5, 0.6) is 0 Å². The number of carboxylic acids is 1. The van der Waals surface area contributed by atoms with E-state index in [2.05, 4.69) is 16.0 Å². The molecule has 3 amide bonds. The van der Waals surface area contributed by atoms with Crippen LogP contribution in [0, 0.1) is 5.92 Å². The molecule has 0 aliphatic carbocycles. The summed E-state index contributed by atoms with van der Waals surface area (Å²) in [6, 6.07) is -4.29. The maximum Gasteiger partial charge on any atom is 0.326 e. The molecule has 168 valence electrons. The fourth-order valence-electron chi connectivity index (χ4n) is 2.49. The number of unbranched alkanes of at least 4 members (excludes halogenated alkanes) is 1. The fourth-order valence-corrected chi connectivity index (χ4v) is 2.49. The Morgan fingerprint density at radius 2 is 1.38 bits per heavy atom. The monoisotopic (exact) mass is 417 g/mol. The highest BCUT2D eigenvalue weighted by Gasteiger charge is 2.29. The van der Waals surface area contributed by atoms with Gasteiger partial charge in [0.2, 0.25) is 17.7 Å². The van der Waals surface area contributed by atoms with Crippen LogP contribution < -0.4 is 27.4 Å². The first-order valence-corrected chi connectivity index (χ1v) is 9.73. The number of hydrogen-bond acceptors (Lipinski definition) is 7. The van der Waals surface area contributed by atoms with Crippen LogP contribution >= 0.6 is 0 Å². The molecule has 11 heteroatoms. The highest BCUT2D eigenvalue weighted by molar-refractivity contribution is 5.94. The van der Waals surface area contributed by atoms with Gasteiger partial charge in [-0.2, -0.15) is 0 Å². The van der Waals surface area contributed by atoms with E-state index < -0.39 is 54.5 Å². The molecule has 0 aliphatic heterocycles. The number of carboxylic acid groups (broad SMARTS) is 1. The van der Waals surface area contributed by atoms with Gasteiger partial charge in [-0.05, 0) is 45.1 Å². The molecule has 0 rings (SSSR count). The average molecular weight is 418 g/mol. The van der Waals surface area contributed by atoms with Gasteiger partial charge in [-0.15, -0.1) is 0 Å². The molecule has 0 aliphatic rings. The van der Waals surface area contributed by atoms with Gasteiger partial charge in [-0.3, -0.25) is 14.4 Å². The number of nitrogens with two attached hydrogens (primary N) is 2. The van der Waals surface area contributed by atoms with Gasteiger partial charge in [0, 0.05) is 0 Å². The zero-order chi connectivity index (χ0) is 22.6. The molecule has 11 nitrogen and oxygen atoms in total. The standard InChI is InChI=1S/C18H35N5O6/c1-10(2)8-13(22-15(25)11(3)20)16(26)23-14(9-24)17(27)21-12(18(28)29)6-4-5-7-19/h10-14,24H,4-9,19-20H2,1-3H3,(H,21,27)(H,22,25)(H,23,26)(H,28,29). The molecule has 4 unspecified atom stereocenters. The second-order valence-corrected chi connectivity index (χ2v) is 7.41. The smallest absolute Gasteiger partial charge is 0.326 e. The second kappa shape index (κ2) is 13.9. The maximum absolute atomic E-state index is 12.6. The van der Waals surface area contributed by atoms with Crippen LogP contribution in [-0.2, 0) is 19.2 Å². The summed E-state index contributed by atoms with van der Waals surface area (Å²) >= 11 is 0. The van der Waals surface area contributed by atoms with Crippen LogP contribution in [0.1, 0.15) is 46.5 Å². The molecule has 0 aromatic carbocycles. The van der Waals surface area contributed by atoms with Crippen molar-refractivity contribution in [1.82, 2.24) is 16.0 Å². The highest BCUT2D eigenvalue weighted by atomic mass is 16.4. The van der Waals surface area contributed by atoms with Crippen molar-refractivity contribution in [3.8, 4) is 0 Å². The minimum Gasteiger partial charge on any atom is -0.480 e. The molecule has 0 bridgehead atoms. The Bertz CT molecular complexity index is 555. The lowest BCUT2D eigenvalue weighted by atomic mass is 10.0. The third kappa shape index (κ3) is 10.8. The number of nitrogens with one attached hydrogen (secondary N) is 3. The Morgan fingerprint density at radius 3 is 1.83 bits per heavy atom. The summed E-state index contributed by atoms with van der Waals surface area (Å²) in [5.41, 5.74) is 10.9. The minimum absolute atomic E-state index is 0.0551. The summed E-state index contributed by atoms with van der Waals surface area (Å²) in [7, 11) is 0. The quantitative estimate of drug-likeness (QED) is 0.158. The van der Waals surface area contributed by atoms with Crippen molar-refractivity contribution >= 4 is 23.7 Å². The lowest BCUT2D eigenvalue weighted by molar-refractivity contribution is -0.142. The maximum atomic E-state index is 12.6. The van der Waals surface area contributed by atoms with Crippen LogP contribution in [0.3, 0.4) is 0 Å². The number of aliphatic hydroxyl groups is 1. The molecule has 0 radical (unpaired) electrons. The van der Waals surface area contributed by atoms with E-state index in [1.165, 1.54) is 6.92 Å². The van der Waals surface area contributed by atoms with Crippen molar-refractivity contribution in [2.24, 2.45) is 17.4 Å². The van der Waals surface area contributed by atoms with Crippen molar-refractivity contribution < 1.29 is 29.4 Å². The van der Waals surface area contributed by atoms with E-state index in [1.54, 1.807) is 0 Å². The van der Waals surface area contributed by atoms with Crippen molar-refractivity contribution in [2.45, 2.75) is 70.6 Å². The SMILES string of the molecule is CC(C)CC(NC(=O)C(C)N)C(=O)NC(CO)C(=O)NC(CCCCN)C(=O)O. The van der Waals surface area contributed by atoms with Crippen LogP contribution in [0.2, 0.25) is 0 Å². The van der Waals surface area contributed by atoms with E-state index in [1.807, 2.05) is 13.8 Å². The first-order valence-electron chi connectivity index (χ1n) is 9.73. The molecule has 0 aromatic heterocycles. The van der Waals surface area contributed by atoms with Crippen molar-refractivity contribution in [3.63, 3.8) is 0 Å². The minimum atomic E-state index is -1.36. The van der Waals surface area contributed by atoms with E-state index in [0.29, 0.717) is 25.8 Å². The summed E-state index contributed by atoms with van der Waals surface area (Å²) < 4.78 is 0. The summed E-state index contributed by atoms with van der Waals surface area (Å²) in [6.07, 6.45) is 1.57. The van der Waals surface area contributed by atoms with Crippen LogP contribution in [0.15, 0.2) is 0 Å². The molecule has 9 N–H and O–H groups in total. The van der Waals surface area contributed by atoms with E-state index in [0.717, 1.165) is 0 Å². The van der Waals surface area contributed by atoms with E-state index in [9.17, 15) is 29.4 Å². The van der Waals surface area contributed by atoms with Crippen molar-refractivity contribution in [3.05, 3.63) is 0 Å². The van der Waals surface area contributed by atoms with Gasteiger partial charge in [0.1, 0.15) is 18.1 Å². The van der Waals surface area contributed by atoms with Gasteiger partial charge < -0.3 is 37.6 Å². The predicted octanol–water partition coefficient (Wildman–Crippen LogP) is -1.96. The number of aliphatic carboxylic acids is 1. The number of aliphatic hydroxyl groups excluding tert-OH is 1. The van der Waals surface area contributed by atoms with Crippen molar-refractivity contribution in [1.29, 1.82) is 0 Å². The largest absolute Gasteiger partial charge is 0.480 e. The average Bonchev–Trinajstić information content (AvgIpc) is 2.63. The predicted molar refractivity (Wildman–Crippen MR) is 107 cm³/mol. The Kier molecular flexibility index (Phi) is 12.8. The Balaban J connectivity index is 5.07. The topological polar surface area (TPSA) is 197 Å². The fraction of sp³-hybridized carbons (Fsp3) is 0.778. The summed E-state index contributed by atoms with van der Waals surface area (Å²) in [6.45, 7) is 4.85. The van der Waals surface area contributed by atoms with Gasteiger partial charge in [0.25, 0.3) is 0 Å². The van der Waals surface area contributed by atoms with E-state index in [-0.39, 0.29) is 12.3 Å². The second-order valence-electron chi connectivity index (χ2n) is 7.41. The first-order chi connectivity index (χ1) is 13.5. The third-order valence-corrected chi connectivity index (χ3v) is 4.13.